The van der Waals surface area contributed by atoms with Crippen molar-refractivity contribution in [3.05, 3.63) is 46.8 Å². The molecule has 8 nitrogen and oxygen atoms in total. The molecule has 0 spiro atoms. The van der Waals surface area contributed by atoms with Crippen LogP contribution in [0.2, 0.25) is 0 Å². The standard InChI is InChI=1S/C18H20N2O6/c1-10(2)16-15(11(3)20-26-16)18(23)25-9-14(21)19-13-7-5-12(6-8-13)17(22)24-4/h5-8,10H,9H2,1-4H3,(H,19,21). The molecule has 0 saturated carbocycles. The van der Waals surface area contributed by atoms with E-state index in [4.69, 9.17) is 9.26 Å². The van der Waals surface area contributed by atoms with Crippen LogP contribution in [0.3, 0.4) is 0 Å². The summed E-state index contributed by atoms with van der Waals surface area (Å²) in [7, 11) is 1.29. The monoisotopic (exact) mass is 360 g/mol. The first-order valence-corrected chi connectivity index (χ1v) is 7.95. The van der Waals surface area contributed by atoms with Gasteiger partial charge in [0.2, 0.25) is 0 Å². The van der Waals surface area contributed by atoms with E-state index >= 15 is 0 Å². The molecule has 0 saturated heterocycles. The summed E-state index contributed by atoms with van der Waals surface area (Å²) in [5.74, 6) is -1.26. The molecule has 0 aliphatic rings. The third kappa shape index (κ3) is 4.47. The predicted molar refractivity (Wildman–Crippen MR) is 92.0 cm³/mol. The minimum atomic E-state index is -0.663. The van der Waals surface area contributed by atoms with Crippen molar-refractivity contribution in [3.63, 3.8) is 0 Å². The van der Waals surface area contributed by atoms with Gasteiger partial charge in [-0.15, -0.1) is 0 Å². The smallest absolute Gasteiger partial charge is 0.344 e. The zero-order valence-corrected chi connectivity index (χ0v) is 15.0. The van der Waals surface area contributed by atoms with Crippen molar-refractivity contribution in [1.82, 2.24) is 5.16 Å². The summed E-state index contributed by atoms with van der Waals surface area (Å²) >= 11 is 0. The maximum atomic E-state index is 12.2. The molecule has 0 atom stereocenters. The van der Waals surface area contributed by atoms with Crippen LogP contribution in [-0.4, -0.2) is 36.7 Å². The Kier molecular flexibility index (Phi) is 6.11. The first-order valence-electron chi connectivity index (χ1n) is 7.95. The molecule has 1 N–H and O–H groups in total. The van der Waals surface area contributed by atoms with Crippen LogP contribution < -0.4 is 5.32 Å². The van der Waals surface area contributed by atoms with E-state index in [1.165, 1.54) is 19.2 Å². The van der Waals surface area contributed by atoms with Crippen molar-refractivity contribution >= 4 is 23.5 Å². The van der Waals surface area contributed by atoms with Gasteiger partial charge in [-0.25, -0.2) is 9.59 Å². The number of carbonyl (C=O) groups is 3. The zero-order valence-electron chi connectivity index (χ0n) is 15.0. The first-order chi connectivity index (χ1) is 12.3. The van der Waals surface area contributed by atoms with Crippen molar-refractivity contribution in [2.45, 2.75) is 26.7 Å². The van der Waals surface area contributed by atoms with Crippen LogP contribution in [0.4, 0.5) is 5.69 Å². The van der Waals surface area contributed by atoms with E-state index in [0.717, 1.165) is 0 Å². The Labute approximate surface area is 150 Å². The van der Waals surface area contributed by atoms with Crippen LogP contribution in [0, 0.1) is 6.92 Å². The minimum Gasteiger partial charge on any atom is -0.465 e. The fraction of sp³-hybridized carbons (Fsp3) is 0.333. The predicted octanol–water partition coefficient (Wildman–Crippen LogP) is 2.69. The van der Waals surface area contributed by atoms with Gasteiger partial charge in [0.05, 0.1) is 18.4 Å². The molecule has 0 bridgehead atoms. The number of aryl methyl sites for hydroxylation is 1. The molecule has 0 aliphatic carbocycles. The number of rotatable bonds is 6. The number of nitrogens with one attached hydrogen (secondary N) is 1. The van der Waals surface area contributed by atoms with Gasteiger partial charge in [0, 0.05) is 11.6 Å². The topological polar surface area (TPSA) is 108 Å². The number of nitrogens with zero attached hydrogens (tertiary/aromatic N) is 1. The number of hydrogen-bond acceptors (Lipinski definition) is 7. The van der Waals surface area contributed by atoms with Crippen molar-refractivity contribution < 1.29 is 28.4 Å². The minimum absolute atomic E-state index is 0.0408. The highest BCUT2D eigenvalue weighted by Crippen LogP contribution is 2.23. The summed E-state index contributed by atoms with van der Waals surface area (Å²) in [5, 5.41) is 6.34. The van der Waals surface area contributed by atoms with Gasteiger partial charge >= 0.3 is 11.9 Å². The normalized spacial score (nSPS) is 10.5. The van der Waals surface area contributed by atoms with Gasteiger partial charge in [-0.05, 0) is 31.2 Å². The van der Waals surface area contributed by atoms with E-state index in [1.807, 2.05) is 13.8 Å². The Morgan fingerprint density at radius 2 is 1.81 bits per heavy atom. The largest absolute Gasteiger partial charge is 0.465 e. The maximum absolute atomic E-state index is 12.2. The van der Waals surface area contributed by atoms with Gasteiger partial charge in [0.25, 0.3) is 5.91 Å². The Hall–Kier alpha value is -3.16. The molecule has 1 heterocycles. The lowest BCUT2D eigenvalue weighted by Crippen LogP contribution is -2.21. The lowest BCUT2D eigenvalue weighted by atomic mass is 10.1. The van der Waals surface area contributed by atoms with Crippen molar-refractivity contribution in [2.24, 2.45) is 0 Å². The average molecular weight is 360 g/mol. The number of hydrogen-bond donors (Lipinski definition) is 1. The van der Waals surface area contributed by atoms with E-state index in [9.17, 15) is 14.4 Å². The fourth-order valence-electron chi connectivity index (χ4n) is 2.24. The summed E-state index contributed by atoms with van der Waals surface area (Å²) in [6.07, 6.45) is 0. The van der Waals surface area contributed by atoms with Gasteiger partial charge in [-0.3, -0.25) is 4.79 Å². The Balaban J connectivity index is 1.94. The summed E-state index contributed by atoms with van der Waals surface area (Å²) in [6, 6.07) is 6.13. The van der Waals surface area contributed by atoms with Gasteiger partial charge in [0.15, 0.2) is 12.4 Å². The molecule has 2 aromatic rings. The van der Waals surface area contributed by atoms with Gasteiger partial charge in [-0.1, -0.05) is 19.0 Å². The molecule has 1 aromatic heterocycles. The lowest BCUT2D eigenvalue weighted by Gasteiger charge is -2.08. The number of aromatic nitrogens is 1. The van der Waals surface area contributed by atoms with Crippen LogP contribution >= 0.6 is 0 Å². The highest BCUT2D eigenvalue weighted by molar-refractivity contribution is 5.97. The zero-order chi connectivity index (χ0) is 19.3. The van der Waals surface area contributed by atoms with E-state index in [1.54, 1.807) is 19.1 Å². The summed E-state index contributed by atoms with van der Waals surface area (Å²) in [5.41, 5.74) is 1.48. The van der Waals surface area contributed by atoms with E-state index in [2.05, 4.69) is 15.2 Å². The van der Waals surface area contributed by atoms with Crippen molar-refractivity contribution in [3.8, 4) is 0 Å². The molecule has 0 fully saturated rings. The van der Waals surface area contributed by atoms with Crippen LogP contribution in [0.5, 0.6) is 0 Å². The number of ether oxygens (including phenoxy) is 2. The van der Waals surface area contributed by atoms with Crippen LogP contribution in [0.25, 0.3) is 0 Å². The molecule has 0 radical (unpaired) electrons. The number of anilines is 1. The Bertz CT molecular complexity index is 808. The third-order valence-electron chi connectivity index (χ3n) is 3.54. The van der Waals surface area contributed by atoms with E-state index < -0.39 is 24.5 Å². The second kappa shape index (κ2) is 8.28. The average Bonchev–Trinajstić information content (AvgIpc) is 3.01. The number of esters is 2. The highest BCUT2D eigenvalue weighted by Gasteiger charge is 2.24. The van der Waals surface area contributed by atoms with Gasteiger partial charge in [-0.2, -0.15) is 0 Å². The van der Waals surface area contributed by atoms with E-state index in [-0.39, 0.29) is 11.5 Å². The van der Waals surface area contributed by atoms with Crippen molar-refractivity contribution in [1.29, 1.82) is 0 Å². The fourth-order valence-corrected chi connectivity index (χ4v) is 2.24. The molecule has 0 unspecified atom stereocenters. The molecule has 2 rings (SSSR count). The number of carbonyl (C=O) groups excluding carboxylic acids is 3. The number of amides is 1. The second-order valence-corrected chi connectivity index (χ2v) is 5.86. The van der Waals surface area contributed by atoms with Crippen LogP contribution in [0.1, 0.15) is 51.9 Å². The quantitative estimate of drug-likeness (QED) is 0.789. The number of methoxy groups -OCH3 is 1. The number of benzene rings is 1. The molecule has 1 amide bonds. The SMILES string of the molecule is COC(=O)c1ccc(NC(=O)COC(=O)c2c(C)noc2C(C)C)cc1. The first kappa shape index (κ1) is 19.2. The molecule has 8 heteroatoms. The van der Waals surface area contributed by atoms with E-state index in [0.29, 0.717) is 22.7 Å². The highest BCUT2D eigenvalue weighted by atomic mass is 16.5. The summed E-state index contributed by atoms with van der Waals surface area (Å²) < 4.78 is 14.8. The Morgan fingerprint density at radius 1 is 1.15 bits per heavy atom. The second-order valence-electron chi connectivity index (χ2n) is 5.86. The van der Waals surface area contributed by atoms with Gasteiger partial charge < -0.3 is 19.3 Å². The molecular weight excluding hydrogens is 340 g/mol. The lowest BCUT2D eigenvalue weighted by molar-refractivity contribution is -0.119. The Morgan fingerprint density at radius 3 is 2.38 bits per heavy atom. The summed E-state index contributed by atoms with van der Waals surface area (Å²) in [6.45, 7) is 4.90. The molecule has 138 valence electrons. The van der Waals surface area contributed by atoms with Gasteiger partial charge in [0.1, 0.15) is 5.56 Å². The third-order valence-corrected chi connectivity index (χ3v) is 3.54. The molecule has 26 heavy (non-hydrogen) atoms. The van der Waals surface area contributed by atoms with Crippen LogP contribution in [0.15, 0.2) is 28.8 Å². The molecule has 0 aliphatic heterocycles. The van der Waals surface area contributed by atoms with Crippen LogP contribution in [-0.2, 0) is 14.3 Å². The summed E-state index contributed by atoms with van der Waals surface area (Å²) in [4.78, 5) is 35.5. The molecule has 1 aromatic carbocycles. The van der Waals surface area contributed by atoms with Crippen molar-refractivity contribution in [2.75, 3.05) is 19.0 Å². The maximum Gasteiger partial charge on any atom is 0.344 e. The molecular formula is C18H20N2O6.